The SMILES string of the molecule is CN(c1ccc(C(=O)Cn2cc(C(F)(F)F)ccc2=O)cc1)S(C)(=O)=O. The standard InChI is InChI=1S/C16H15F3N2O4S/c1-20(26(2,24)25)13-6-3-11(4-7-13)14(22)10-21-9-12(16(17,18)19)5-8-15(21)23/h3-9H,10H2,1-2H3. The molecule has 2 aromatic rings. The maximum atomic E-state index is 12.7. The molecule has 0 atom stereocenters. The largest absolute Gasteiger partial charge is 0.417 e. The molecule has 0 aliphatic heterocycles. The summed E-state index contributed by atoms with van der Waals surface area (Å²) in [5.74, 6) is -0.583. The Bertz CT molecular complexity index is 980. The third kappa shape index (κ3) is 4.51. The Balaban J connectivity index is 2.25. The zero-order valence-corrected chi connectivity index (χ0v) is 14.6. The first kappa shape index (κ1) is 19.7. The lowest BCUT2D eigenvalue weighted by atomic mass is 10.1. The van der Waals surface area contributed by atoms with Crippen LogP contribution >= 0.6 is 0 Å². The van der Waals surface area contributed by atoms with Gasteiger partial charge in [-0.15, -0.1) is 0 Å². The number of hydrogen-bond acceptors (Lipinski definition) is 4. The van der Waals surface area contributed by atoms with Gasteiger partial charge in [0.15, 0.2) is 5.78 Å². The maximum absolute atomic E-state index is 12.7. The minimum absolute atomic E-state index is 0.139. The van der Waals surface area contributed by atoms with Gasteiger partial charge in [-0.3, -0.25) is 13.9 Å². The molecule has 1 aromatic heterocycles. The van der Waals surface area contributed by atoms with Crippen LogP contribution in [0.3, 0.4) is 0 Å². The number of pyridine rings is 1. The molecule has 0 bridgehead atoms. The van der Waals surface area contributed by atoms with Crippen molar-refractivity contribution in [3.8, 4) is 0 Å². The molecule has 0 aliphatic carbocycles. The molecule has 6 nitrogen and oxygen atoms in total. The molecule has 140 valence electrons. The second kappa shape index (κ2) is 6.94. The number of sulfonamides is 1. The van der Waals surface area contributed by atoms with E-state index in [0.29, 0.717) is 22.5 Å². The number of nitrogens with zero attached hydrogens (tertiary/aromatic N) is 2. The van der Waals surface area contributed by atoms with Crippen molar-refractivity contribution in [2.75, 3.05) is 17.6 Å². The van der Waals surface area contributed by atoms with Crippen molar-refractivity contribution in [1.82, 2.24) is 4.57 Å². The molecule has 1 aromatic carbocycles. The van der Waals surface area contributed by atoms with Crippen LogP contribution in [0.2, 0.25) is 0 Å². The highest BCUT2D eigenvalue weighted by Crippen LogP contribution is 2.28. The monoisotopic (exact) mass is 388 g/mol. The van der Waals surface area contributed by atoms with E-state index in [1.54, 1.807) is 0 Å². The summed E-state index contributed by atoms with van der Waals surface area (Å²) in [7, 11) is -2.12. The van der Waals surface area contributed by atoms with Crippen molar-refractivity contribution in [3.05, 3.63) is 64.1 Å². The summed E-state index contributed by atoms with van der Waals surface area (Å²) in [6.07, 6.45) is -3.02. The van der Waals surface area contributed by atoms with Gasteiger partial charge in [-0.25, -0.2) is 8.42 Å². The van der Waals surface area contributed by atoms with Gasteiger partial charge >= 0.3 is 6.18 Å². The highest BCUT2D eigenvalue weighted by molar-refractivity contribution is 7.92. The number of rotatable bonds is 5. The van der Waals surface area contributed by atoms with Crippen molar-refractivity contribution in [2.45, 2.75) is 12.7 Å². The number of carbonyl (C=O) groups excluding carboxylic acids is 1. The van der Waals surface area contributed by atoms with E-state index in [1.165, 1.54) is 31.3 Å². The molecule has 2 rings (SSSR count). The van der Waals surface area contributed by atoms with Crippen LogP contribution in [0.5, 0.6) is 0 Å². The van der Waals surface area contributed by atoms with E-state index >= 15 is 0 Å². The fourth-order valence-electron chi connectivity index (χ4n) is 2.12. The number of carbonyl (C=O) groups is 1. The van der Waals surface area contributed by atoms with E-state index in [4.69, 9.17) is 0 Å². The lowest BCUT2D eigenvalue weighted by molar-refractivity contribution is -0.138. The Hall–Kier alpha value is -2.62. The molecule has 0 saturated heterocycles. The van der Waals surface area contributed by atoms with Crippen molar-refractivity contribution >= 4 is 21.5 Å². The quantitative estimate of drug-likeness (QED) is 0.736. The van der Waals surface area contributed by atoms with Gasteiger partial charge in [0.05, 0.1) is 24.1 Å². The smallest absolute Gasteiger partial charge is 0.307 e. The van der Waals surface area contributed by atoms with Gasteiger partial charge in [-0.2, -0.15) is 13.2 Å². The number of benzene rings is 1. The maximum Gasteiger partial charge on any atom is 0.417 e. The summed E-state index contributed by atoms with van der Waals surface area (Å²) in [6.45, 7) is -0.565. The summed E-state index contributed by atoms with van der Waals surface area (Å²) in [6, 6.07) is 6.88. The van der Waals surface area contributed by atoms with Crippen LogP contribution in [0.1, 0.15) is 15.9 Å². The lowest BCUT2D eigenvalue weighted by Gasteiger charge is -2.16. The van der Waals surface area contributed by atoms with Crippen LogP contribution in [0.25, 0.3) is 0 Å². The Morgan fingerprint density at radius 3 is 2.19 bits per heavy atom. The summed E-state index contributed by atoms with van der Waals surface area (Å²) >= 11 is 0. The molecule has 26 heavy (non-hydrogen) atoms. The van der Waals surface area contributed by atoms with Gasteiger partial charge in [0.2, 0.25) is 10.0 Å². The number of hydrogen-bond donors (Lipinski definition) is 0. The van der Waals surface area contributed by atoms with Crippen LogP contribution in [0.4, 0.5) is 18.9 Å². The van der Waals surface area contributed by atoms with E-state index in [0.717, 1.165) is 16.6 Å². The summed E-state index contributed by atoms with van der Waals surface area (Å²) < 4.78 is 62.8. The predicted octanol–water partition coefficient (Wildman–Crippen LogP) is 2.15. The number of Topliss-reactive ketones (excluding diaryl/α,β-unsaturated/α-hetero) is 1. The molecule has 1 heterocycles. The molecule has 0 fully saturated rings. The second-order valence-electron chi connectivity index (χ2n) is 5.58. The van der Waals surface area contributed by atoms with Gasteiger partial charge in [0.25, 0.3) is 5.56 Å². The van der Waals surface area contributed by atoms with E-state index in [-0.39, 0.29) is 5.56 Å². The fourth-order valence-corrected chi connectivity index (χ4v) is 2.62. The highest BCUT2D eigenvalue weighted by atomic mass is 32.2. The van der Waals surface area contributed by atoms with E-state index in [2.05, 4.69) is 0 Å². The fraction of sp³-hybridized carbons (Fsp3) is 0.250. The van der Waals surface area contributed by atoms with Gasteiger partial charge < -0.3 is 4.57 Å². The molecular weight excluding hydrogens is 373 g/mol. The number of anilines is 1. The molecule has 10 heteroatoms. The Morgan fingerprint density at radius 1 is 1.12 bits per heavy atom. The van der Waals surface area contributed by atoms with E-state index < -0.39 is 39.7 Å². The predicted molar refractivity (Wildman–Crippen MR) is 89.7 cm³/mol. The minimum Gasteiger partial charge on any atom is -0.307 e. The van der Waals surface area contributed by atoms with Gasteiger partial charge in [-0.1, -0.05) is 0 Å². The molecule has 0 aliphatic rings. The molecular formula is C16H15F3N2O4S. The normalized spacial score (nSPS) is 12.0. The van der Waals surface area contributed by atoms with Crippen molar-refractivity contribution in [1.29, 1.82) is 0 Å². The Labute approximate surface area is 147 Å². The van der Waals surface area contributed by atoms with Crippen molar-refractivity contribution < 1.29 is 26.4 Å². The number of aromatic nitrogens is 1. The first-order chi connectivity index (χ1) is 11.9. The average molecular weight is 388 g/mol. The summed E-state index contributed by atoms with van der Waals surface area (Å²) in [5.41, 5.74) is -1.31. The third-order valence-corrected chi connectivity index (χ3v) is 4.88. The molecule has 0 radical (unpaired) electrons. The van der Waals surface area contributed by atoms with E-state index in [9.17, 15) is 31.2 Å². The molecule has 0 saturated carbocycles. The van der Waals surface area contributed by atoms with Gasteiger partial charge in [0.1, 0.15) is 0 Å². The lowest BCUT2D eigenvalue weighted by Crippen LogP contribution is -2.26. The van der Waals surface area contributed by atoms with Crippen molar-refractivity contribution in [2.24, 2.45) is 0 Å². The second-order valence-corrected chi connectivity index (χ2v) is 7.60. The Kier molecular flexibility index (Phi) is 5.26. The van der Waals surface area contributed by atoms with Crippen LogP contribution in [0.15, 0.2) is 47.4 Å². The topological polar surface area (TPSA) is 76.5 Å². The van der Waals surface area contributed by atoms with Crippen LogP contribution < -0.4 is 9.86 Å². The molecule has 0 N–H and O–H groups in total. The zero-order valence-electron chi connectivity index (χ0n) is 13.8. The van der Waals surface area contributed by atoms with Gasteiger partial charge in [-0.05, 0) is 30.3 Å². The van der Waals surface area contributed by atoms with Crippen LogP contribution in [-0.4, -0.2) is 32.1 Å². The highest BCUT2D eigenvalue weighted by Gasteiger charge is 2.31. The first-order valence-electron chi connectivity index (χ1n) is 7.24. The number of halogens is 3. The zero-order chi connectivity index (χ0) is 19.7. The van der Waals surface area contributed by atoms with Crippen LogP contribution in [0, 0.1) is 0 Å². The van der Waals surface area contributed by atoms with Gasteiger partial charge in [0, 0.05) is 24.9 Å². The van der Waals surface area contributed by atoms with E-state index in [1.807, 2.05) is 0 Å². The molecule has 0 unspecified atom stereocenters. The third-order valence-electron chi connectivity index (χ3n) is 3.68. The number of ketones is 1. The van der Waals surface area contributed by atoms with Crippen molar-refractivity contribution in [3.63, 3.8) is 0 Å². The molecule has 0 amide bonds. The Morgan fingerprint density at radius 2 is 1.69 bits per heavy atom. The first-order valence-corrected chi connectivity index (χ1v) is 9.09. The summed E-state index contributed by atoms with van der Waals surface area (Å²) in [4.78, 5) is 23.9. The number of alkyl halides is 3. The minimum atomic E-state index is -4.63. The summed E-state index contributed by atoms with van der Waals surface area (Å²) in [5, 5.41) is 0. The van der Waals surface area contributed by atoms with Crippen LogP contribution in [-0.2, 0) is 22.7 Å². The average Bonchev–Trinajstić information content (AvgIpc) is 2.54. The molecule has 0 spiro atoms.